The molecule has 1 N–H and O–H groups in total. The maximum atomic E-state index is 11.0. The molecular weight excluding hydrogens is 388 g/mol. The maximum Gasteiger partial charge on any atom is 0.265 e. The standard InChI is InChI=1S/C22H32N2O4S/c1-16(15-29(25,26)27)2-3-17-6-9-20(10-7-17)24-13-19-8-11-21(12-22(19)23-24)28-14-18-4-5-18/h8,11-13,16-18,20H,2-7,9-10,14-15H2,1H3,(H,25,26,27). The van der Waals surface area contributed by atoms with E-state index in [1.54, 1.807) is 0 Å². The lowest BCUT2D eigenvalue weighted by molar-refractivity contribution is 0.243. The van der Waals surface area contributed by atoms with Crippen LogP contribution in [0.4, 0.5) is 0 Å². The summed E-state index contributed by atoms with van der Waals surface area (Å²) >= 11 is 0. The topological polar surface area (TPSA) is 81.4 Å². The first-order valence-electron chi connectivity index (χ1n) is 10.9. The second-order valence-electron chi connectivity index (χ2n) is 9.19. The number of hydrogen-bond donors (Lipinski definition) is 1. The van der Waals surface area contributed by atoms with Gasteiger partial charge in [-0.15, -0.1) is 0 Å². The molecule has 7 heteroatoms. The molecule has 2 aliphatic rings. The minimum atomic E-state index is -3.86. The van der Waals surface area contributed by atoms with Crippen molar-refractivity contribution in [3.8, 4) is 5.75 Å². The first-order chi connectivity index (χ1) is 13.9. The van der Waals surface area contributed by atoms with Gasteiger partial charge in [-0.1, -0.05) is 13.3 Å². The van der Waals surface area contributed by atoms with E-state index in [-0.39, 0.29) is 11.7 Å². The molecule has 6 nitrogen and oxygen atoms in total. The molecule has 160 valence electrons. The first kappa shape index (κ1) is 20.7. The smallest absolute Gasteiger partial charge is 0.265 e. The number of ether oxygens (including phenoxy) is 1. The van der Waals surface area contributed by atoms with Crippen LogP contribution in [-0.4, -0.2) is 35.1 Å². The van der Waals surface area contributed by atoms with Gasteiger partial charge in [0.15, 0.2) is 0 Å². The number of nitrogens with zero attached hydrogens (tertiary/aromatic N) is 2. The van der Waals surface area contributed by atoms with Crippen molar-refractivity contribution in [2.75, 3.05) is 12.4 Å². The van der Waals surface area contributed by atoms with Crippen molar-refractivity contribution in [2.24, 2.45) is 17.8 Å². The molecule has 0 spiro atoms. The Kier molecular flexibility index (Phi) is 6.16. The van der Waals surface area contributed by atoms with Gasteiger partial charge in [-0.05, 0) is 74.8 Å². The largest absolute Gasteiger partial charge is 0.493 e. The molecule has 0 bridgehead atoms. The molecule has 29 heavy (non-hydrogen) atoms. The van der Waals surface area contributed by atoms with E-state index in [0.29, 0.717) is 12.0 Å². The quantitative estimate of drug-likeness (QED) is 0.586. The van der Waals surface area contributed by atoms with Gasteiger partial charge >= 0.3 is 0 Å². The third-order valence-corrected chi connectivity index (χ3v) is 7.42. The Bertz CT molecular complexity index is 927. The van der Waals surface area contributed by atoms with Gasteiger partial charge in [-0.25, -0.2) is 0 Å². The van der Waals surface area contributed by atoms with Crippen LogP contribution >= 0.6 is 0 Å². The van der Waals surface area contributed by atoms with Gasteiger partial charge in [0, 0.05) is 17.6 Å². The Labute approximate surface area is 173 Å². The van der Waals surface area contributed by atoms with Crippen molar-refractivity contribution in [1.82, 2.24) is 9.78 Å². The second kappa shape index (κ2) is 8.64. The molecule has 1 heterocycles. The molecule has 0 aliphatic heterocycles. The van der Waals surface area contributed by atoms with Crippen molar-refractivity contribution in [1.29, 1.82) is 0 Å². The van der Waals surface area contributed by atoms with Gasteiger partial charge in [0.05, 0.1) is 23.9 Å². The molecule has 0 amide bonds. The molecule has 1 atom stereocenters. The summed E-state index contributed by atoms with van der Waals surface area (Å²) < 4.78 is 39.0. The fraction of sp³-hybridized carbons (Fsp3) is 0.682. The summed E-state index contributed by atoms with van der Waals surface area (Å²) in [7, 11) is -3.86. The molecule has 2 aromatic rings. The van der Waals surface area contributed by atoms with E-state index < -0.39 is 10.1 Å². The Morgan fingerprint density at radius 1 is 1.17 bits per heavy atom. The summed E-state index contributed by atoms with van der Waals surface area (Å²) in [4.78, 5) is 0. The van der Waals surface area contributed by atoms with Crippen molar-refractivity contribution in [2.45, 2.75) is 64.3 Å². The minimum Gasteiger partial charge on any atom is -0.493 e. The molecule has 2 fully saturated rings. The van der Waals surface area contributed by atoms with Crippen LogP contribution in [-0.2, 0) is 10.1 Å². The monoisotopic (exact) mass is 420 g/mol. The summed E-state index contributed by atoms with van der Waals surface area (Å²) in [6, 6.07) is 6.63. The molecular formula is C22H32N2O4S. The highest BCUT2D eigenvalue weighted by Gasteiger charge is 2.24. The van der Waals surface area contributed by atoms with E-state index in [2.05, 4.69) is 23.0 Å². The van der Waals surface area contributed by atoms with Gasteiger partial charge in [0.1, 0.15) is 5.75 Å². The zero-order valence-electron chi connectivity index (χ0n) is 17.2. The van der Waals surface area contributed by atoms with Crippen LogP contribution in [0.15, 0.2) is 24.4 Å². The van der Waals surface area contributed by atoms with Gasteiger partial charge in [-0.3, -0.25) is 9.23 Å². The fourth-order valence-electron chi connectivity index (χ4n) is 4.45. The van der Waals surface area contributed by atoms with Crippen molar-refractivity contribution < 1.29 is 17.7 Å². The van der Waals surface area contributed by atoms with E-state index in [9.17, 15) is 8.42 Å². The van der Waals surface area contributed by atoms with Crippen LogP contribution in [0.25, 0.3) is 10.9 Å². The number of aromatic nitrogens is 2. The third kappa shape index (κ3) is 5.95. The molecule has 1 aromatic heterocycles. The van der Waals surface area contributed by atoms with Crippen LogP contribution in [0.2, 0.25) is 0 Å². The normalized spacial score (nSPS) is 23.9. The van der Waals surface area contributed by atoms with E-state index in [1.807, 2.05) is 13.0 Å². The lowest BCUT2D eigenvalue weighted by Crippen LogP contribution is -2.20. The minimum absolute atomic E-state index is 0.00969. The van der Waals surface area contributed by atoms with Gasteiger partial charge < -0.3 is 4.74 Å². The number of benzene rings is 1. The molecule has 1 aromatic carbocycles. The Morgan fingerprint density at radius 3 is 2.59 bits per heavy atom. The molecule has 0 saturated heterocycles. The molecule has 4 rings (SSSR count). The summed E-state index contributed by atoms with van der Waals surface area (Å²) in [6.07, 6.45) is 11.1. The van der Waals surface area contributed by atoms with Crippen LogP contribution in [0.3, 0.4) is 0 Å². The zero-order chi connectivity index (χ0) is 20.4. The molecule has 2 saturated carbocycles. The second-order valence-corrected chi connectivity index (χ2v) is 10.7. The lowest BCUT2D eigenvalue weighted by atomic mass is 9.82. The summed E-state index contributed by atoms with van der Waals surface area (Å²) in [5.74, 6) is 2.18. The summed E-state index contributed by atoms with van der Waals surface area (Å²) in [6.45, 7) is 2.72. The Hall–Kier alpha value is -1.60. The fourth-order valence-corrected chi connectivity index (χ4v) is 5.34. The number of rotatable bonds is 9. The zero-order valence-corrected chi connectivity index (χ0v) is 18.0. The average Bonchev–Trinajstić information content (AvgIpc) is 3.40. The highest BCUT2D eigenvalue weighted by atomic mass is 32.2. The highest BCUT2D eigenvalue weighted by Crippen LogP contribution is 2.36. The predicted octanol–water partition coefficient (Wildman–Crippen LogP) is 4.86. The van der Waals surface area contributed by atoms with Crippen molar-refractivity contribution in [3.05, 3.63) is 24.4 Å². The predicted molar refractivity (Wildman–Crippen MR) is 114 cm³/mol. The SMILES string of the molecule is CC(CCC1CCC(n2cc3ccc(OCC4CC4)cc3n2)CC1)CS(=O)(=O)O. The molecule has 1 unspecified atom stereocenters. The molecule has 0 radical (unpaired) electrons. The average molecular weight is 421 g/mol. The van der Waals surface area contributed by atoms with Gasteiger partial charge in [-0.2, -0.15) is 13.5 Å². The van der Waals surface area contributed by atoms with Gasteiger partial charge in [0.2, 0.25) is 0 Å². The van der Waals surface area contributed by atoms with Crippen molar-refractivity contribution >= 4 is 21.0 Å². The van der Waals surface area contributed by atoms with Crippen LogP contribution < -0.4 is 4.74 Å². The summed E-state index contributed by atoms with van der Waals surface area (Å²) in [5, 5.41) is 5.98. The molecule has 2 aliphatic carbocycles. The van der Waals surface area contributed by atoms with E-state index in [1.165, 1.54) is 12.8 Å². The third-order valence-electron chi connectivity index (χ3n) is 6.43. The van der Waals surface area contributed by atoms with Crippen LogP contribution in [0.5, 0.6) is 5.75 Å². The number of fused-ring (bicyclic) bond motifs is 1. The Morgan fingerprint density at radius 2 is 1.90 bits per heavy atom. The van der Waals surface area contributed by atoms with E-state index in [4.69, 9.17) is 14.4 Å². The maximum absolute atomic E-state index is 11.0. The van der Waals surface area contributed by atoms with E-state index in [0.717, 1.165) is 67.7 Å². The lowest BCUT2D eigenvalue weighted by Gasteiger charge is -2.29. The number of hydrogen-bond acceptors (Lipinski definition) is 4. The van der Waals surface area contributed by atoms with Crippen molar-refractivity contribution in [3.63, 3.8) is 0 Å². The summed E-state index contributed by atoms with van der Waals surface area (Å²) in [5.41, 5.74) is 0.999. The Balaban J connectivity index is 1.28. The highest BCUT2D eigenvalue weighted by molar-refractivity contribution is 7.85. The van der Waals surface area contributed by atoms with E-state index >= 15 is 0 Å². The van der Waals surface area contributed by atoms with Crippen LogP contribution in [0.1, 0.15) is 64.3 Å². The first-order valence-corrected chi connectivity index (χ1v) is 12.5. The van der Waals surface area contributed by atoms with Gasteiger partial charge in [0.25, 0.3) is 10.1 Å². The van der Waals surface area contributed by atoms with Crippen LogP contribution in [0, 0.1) is 17.8 Å².